The van der Waals surface area contributed by atoms with Gasteiger partial charge in [-0.15, -0.1) is 0 Å². The van der Waals surface area contributed by atoms with E-state index >= 15 is 0 Å². The van der Waals surface area contributed by atoms with Gasteiger partial charge in [0.05, 0.1) is 17.7 Å². The molecule has 0 aliphatic heterocycles. The largest absolute Gasteiger partial charge is 0.370 e. The predicted octanol–water partition coefficient (Wildman–Crippen LogP) is -1.00. The molecule has 5 N–H and O–H groups in total. The van der Waals surface area contributed by atoms with Crippen molar-refractivity contribution in [3.05, 3.63) is 29.6 Å². The molecule has 0 aromatic carbocycles. The van der Waals surface area contributed by atoms with Crippen molar-refractivity contribution in [2.24, 2.45) is 11.5 Å². The number of pyridine rings is 1. The number of hydrogen-bond acceptors (Lipinski definition) is 4. The molecule has 6 heteroatoms. The average Bonchev–Trinajstić information content (AvgIpc) is 2.36. The van der Waals surface area contributed by atoms with E-state index in [1.807, 2.05) is 0 Å². The van der Waals surface area contributed by atoms with E-state index in [1.165, 1.54) is 12.4 Å². The van der Waals surface area contributed by atoms with Gasteiger partial charge >= 0.3 is 0 Å². The van der Waals surface area contributed by atoms with Gasteiger partial charge in [0, 0.05) is 25.4 Å². The van der Waals surface area contributed by atoms with Gasteiger partial charge < -0.3 is 16.8 Å². The molecule has 1 rings (SSSR count). The molecule has 0 fully saturated rings. The van der Waals surface area contributed by atoms with Crippen LogP contribution in [0.4, 0.5) is 0 Å². The summed E-state index contributed by atoms with van der Waals surface area (Å²) in [6.45, 7) is 0.401. The summed E-state index contributed by atoms with van der Waals surface area (Å²) in [6, 6.07) is 1.56. The number of carbonyl (C=O) groups is 2. The van der Waals surface area contributed by atoms with E-state index in [-0.39, 0.29) is 25.4 Å². The second-order valence-electron chi connectivity index (χ2n) is 3.40. The van der Waals surface area contributed by atoms with E-state index in [1.54, 1.807) is 6.07 Å². The quantitative estimate of drug-likeness (QED) is 0.591. The van der Waals surface area contributed by atoms with Crippen molar-refractivity contribution in [2.75, 3.05) is 13.1 Å². The Labute approximate surface area is 105 Å². The Morgan fingerprint density at radius 1 is 1.44 bits per heavy atom. The third-order valence-electron chi connectivity index (χ3n) is 2.05. The van der Waals surface area contributed by atoms with Crippen LogP contribution in [-0.4, -0.2) is 29.9 Å². The summed E-state index contributed by atoms with van der Waals surface area (Å²) in [7, 11) is 0. The van der Waals surface area contributed by atoms with Gasteiger partial charge in [0.1, 0.15) is 0 Å². The van der Waals surface area contributed by atoms with Crippen molar-refractivity contribution in [1.29, 1.82) is 0 Å². The maximum absolute atomic E-state index is 11.8. The summed E-state index contributed by atoms with van der Waals surface area (Å²) in [4.78, 5) is 26.3. The van der Waals surface area contributed by atoms with E-state index in [4.69, 9.17) is 11.5 Å². The van der Waals surface area contributed by atoms with E-state index in [9.17, 15) is 9.59 Å². The number of nitrogens with one attached hydrogen (secondary N) is 1. The third kappa shape index (κ3) is 4.23. The maximum Gasteiger partial charge on any atom is 0.252 e. The molecule has 0 saturated heterocycles. The zero-order valence-corrected chi connectivity index (χ0v) is 9.77. The Morgan fingerprint density at radius 3 is 2.89 bits per heavy atom. The van der Waals surface area contributed by atoms with Crippen LogP contribution >= 0.6 is 0 Å². The Bertz CT molecular complexity index is 502. The van der Waals surface area contributed by atoms with Gasteiger partial charge in [0.2, 0.25) is 5.91 Å². The fraction of sp³-hybridized carbons (Fsp3) is 0.250. The Hall–Kier alpha value is -2.39. The first-order valence-electron chi connectivity index (χ1n) is 5.34. The molecule has 18 heavy (non-hydrogen) atoms. The van der Waals surface area contributed by atoms with Crippen molar-refractivity contribution >= 4 is 11.8 Å². The maximum atomic E-state index is 11.8. The zero-order chi connectivity index (χ0) is 13.4. The summed E-state index contributed by atoms with van der Waals surface area (Å²) >= 11 is 0. The molecule has 1 aromatic heterocycles. The molecule has 1 aromatic rings. The first-order chi connectivity index (χ1) is 8.65. The summed E-state index contributed by atoms with van der Waals surface area (Å²) in [5, 5.41) is 2.58. The highest BCUT2D eigenvalue weighted by Gasteiger charge is 2.09. The monoisotopic (exact) mass is 246 g/mol. The summed E-state index contributed by atoms with van der Waals surface area (Å²) in [5.74, 6) is 4.64. The summed E-state index contributed by atoms with van der Waals surface area (Å²) in [6.07, 6.45) is 3.09. The van der Waals surface area contributed by atoms with Gasteiger partial charge in [-0.1, -0.05) is 11.8 Å². The van der Waals surface area contributed by atoms with E-state index < -0.39 is 5.91 Å². The Morgan fingerprint density at radius 2 is 2.22 bits per heavy atom. The van der Waals surface area contributed by atoms with Crippen LogP contribution in [0.1, 0.15) is 22.3 Å². The molecule has 6 nitrogen and oxygen atoms in total. The molecular formula is C12H14N4O2. The lowest BCUT2D eigenvalue weighted by molar-refractivity contribution is -0.117. The Balaban J connectivity index is 2.75. The number of carbonyl (C=O) groups excluding carboxylic acids is 2. The van der Waals surface area contributed by atoms with Crippen LogP contribution in [0.2, 0.25) is 0 Å². The first-order valence-corrected chi connectivity index (χ1v) is 5.34. The minimum atomic E-state index is -0.465. The van der Waals surface area contributed by atoms with E-state index in [0.29, 0.717) is 11.1 Å². The molecular weight excluding hydrogens is 232 g/mol. The van der Waals surface area contributed by atoms with Crippen LogP contribution in [0.15, 0.2) is 18.5 Å². The van der Waals surface area contributed by atoms with E-state index in [2.05, 4.69) is 22.1 Å². The normalized spacial score (nSPS) is 9.17. The molecule has 0 aliphatic carbocycles. The van der Waals surface area contributed by atoms with Crippen molar-refractivity contribution in [3.8, 4) is 11.8 Å². The third-order valence-corrected chi connectivity index (χ3v) is 2.05. The molecule has 0 spiro atoms. The Kier molecular flexibility index (Phi) is 5.35. The number of nitrogens with two attached hydrogens (primary N) is 2. The number of aromatic nitrogens is 1. The molecule has 0 atom stereocenters. The zero-order valence-electron chi connectivity index (χ0n) is 9.77. The topological polar surface area (TPSA) is 111 Å². The average molecular weight is 246 g/mol. The lowest BCUT2D eigenvalue weighted by atomic mass is 10.1. The van der Waals surface area contributed by atoms with Gasteiger partial charge in [0.15, 0.2) is 0 Å². The van der Waals surface area contributed by atoms with Gasteiger partial charge in [-0.05, 0) is 6.07 Å². The van der Waals surface area contributed by atoms with Gasteiger partial charge in [-0.3, -0.25) is 14.6 Å². The van der Waals surface area contributed by atoms with E-state index in [0.717, 1.165) is 0 Å². The van der Waals surface area contributed by atoms with Crippen LogP contribution in [0.25, 0.3) is 0 Å². The molecule has 94 valence electrons. The molecule has 0 saturated carbocycles. The van der Waals surface area contributed by atoms with Crippen molar-refractivity contribution in [1.82, 2.24) is 10.3 Å². The molecule has 0 radical (unpaired) electrons. The highest BCUT2D eigenvalue weighted by atomic mass is 16.2. The number of nitrogens with zero attached hydrogens (tertiary/aromatic N) is 1. The molecule has 2 amide bonds. The standard InChI is InChI=1S/C12H14N4O2/c13-5-1-2-9-8-15-6-3-10(9)12(18)16-7-4-11(14)17/h3,6,8H,4-5,7,13H2,(H2,14,17)(H,16,18). The second-order valence-corrected chi connectivity index (χ2v) is 3.40. The fourth-order valence-corrected chi connectivity index (χ4v) is 1.23. The molecule has 0 bridgehead atoms. The molecule has 0 aliphatic rings. The lowest BCUT2D eigenvalue weighted by Crippen LogP contribution is -2.28. The summed E-state index contributed by atoms with van der Waals surface area (Å²) < 4.78 is 0. The minimum Gasteiger partial charge on any atom is -0.370 e. The number of primary amides is 1. The number of amides is 2. The van der Waals surface area contributed by atoms with Crippen LogP contribution in [0, 0.1) is 11.8 Å². The highest BCUT2D eigenvalue weighted by molar-refractivity contribution is 5.96. The number of rotatable bonds is 4. The van der Waals surface area contributed by atoms with Crippen molar-refractivity contribution in [3.63, 3.8) is 0 Å². The highest BCUT2D eigenvalue weighted by Crippen LogP contribution is 2.05. The molecule has 0 unspecified atom stereocenters. The van der Waals surface area contributed by atoms with Crippen LogP contribution in [-0.2, 0) is 4.79 Å². The van der Waals surface area contributed by atoms with Crippen LogP contribution in [0.3, 0.4) is 0 Å². The fourth-order valence-electron chi connectivity index (χ4n) is 1.23. The van der Waals surface area contributed by atoms with Gasteiger partial charge in [-0.2, -0.15) is 0 Å². The van der Waals surface area contributed by atoms with Crippen molar-refractivity contribution < 1.29 is 9.59 Å². The van der Waals surface area contributed by atoms with Gasteiger partial charge in [-0.25, -0.2) is 0 Å². The molecule has 1 heterocycles. The van der Waals surface area contributed by atoms with Crippen LogP contribution in [0.5, 0.6) is 0 Å². The summed E-state index contributed by atoms with van der Waals surface area (Å²) in [5.41, 5.74) is 11.1. The minimum absolute atomic E-state index is 0.0979. The van der Waals surface area contributed by atoms with Crippen LogP contribution < -0.4 is 16.8 Å². The smallest absolute Gasteiger partial charge is 0.252 e. The second kappa shape index (κ2) is 7.04. The first kappa shape index (κ1) is 13.7. The number of hydrogen-bond donors (Lipinski definition) is 3. The SMILES string of the molecule is NCC#Cc1cnccc1C(=O)NCCC(N)=O. The lowest BCUT2D eigenvalue weighted by Gasteiger charge is -2.05. The predicted molar refractivity (Wildman–Crippen MR) is 66.3 cm³/mol. The van der Waals surface area contributed by atoms with Crippen molar-refractivity contribution in [2.45, 2.75) is 6.42 Å². The van der Waals surface area contributed by atoms with Gasteiger partial charge in [0.25, 0.3) is 5.91 Å².